The Morgan fingerprint density at radius 2 is 1.80 bits per heavy atom. The Bertz CT molecular complexity index is 167. The summed E-state index contributed by atoms with van der Waals surface area (Å²) in [5.74, 6) is 0. The van der Waals surface area contributed by atoms with Crippen LogP contribution in [-0.2, 0) is 0 Å². The molecule has 1 fully saturated rings. The lowest BCUT2D eigenvalue weighted by Gasteiger charge is -2.40. The molecule has 90 valence electrons. The van der Waals surface area contributed by atoms with Crippen LogP contribution < -0.4 is 5.32 Å². The largest absolute Gasteiger partial charge is 0.312 e. The highest BCUT2D eigenvalue weighted by molar-refractivity contribution is 4.83. The molecule has 0 aliphatic carbocycles. The first-order chi connectivity index (χ1) is 7.15. The summed E-state index contributed by atoms with van der Waals surface area (Å²) >= 11 is 0. The second-order valence-electron chi connectivity index (χ2n) is 5.15. The zero-order valence-corrected chi connectivity index (χ0v) is 11.0. The van der Waals surface area contributed by atoms with Crippen LogP contribution in [0.15, 0.2) is 0 Å². The molecule has 0 amide bonds. The Balaban J connectivity index is 2.49. The van der Waals surface area contributed by atoms with E-state index in [2.05, 4.69) is 37.9 Å². The van der Waals surface area contributed by atoms with Gasteiger partial charge in [0.2, 0.25) is 0 Å². The van der Waals surface area contributed by atoms with Crippen LogP contribution in [0.1, 0.15) is 47.0 Å². The van der Waals surface area contributed by atoms with Gasteiger partial charge in [0, 0.05) is 32.2 Å². The standard InChI is InChI=1S/C13H28N2/c1-5-13(6-2,7-3)11-15-9-8-14-12(4)10-15/h12,14H,5-11H2,1-4H3/t12-/m0/s1. The first-order valence-electron chi connectivity index (χ1n) is 6.61. The fourth-order valence-corrected chi connectivity index (χ4v) is 2.72. The van der Waals surface area contributed by atoms with Crippen LogP contribution in [0.3, 0.4) is 0 Å². The minimum absolute atomic E-state index is 0.567. The van der Waals surface area contributed by atoms with E-state index in [0.29, 0.717) is 11.5 Å². The maximum absolute atomic E-state index is 3.51. The fraction of sp³-hybridized carbons (Fsp3) is 1.00. The maximum Gasteiger partial charge on any atom is 0.0167 e. The van der Waals surface area contributed by atoms with Crippen molar-refractivity contribution in [2.75, 3.05) is 26.2 Å². The Morgan fingerprint density at radius 3 is 2.27 bits per heavy atom. The summed E-state index contributed by atoms with van der Waals surface area (Å²) in [7, 11) is 0. The van der Waals surface area contributed by atoms with Crippen molar-refractivity contribution >= 4 is 0 Å². The number of rotatable bonds is 5. The molecule has 0 aromatic carbocycles. The lowest BCUT2D eigenvalue weighted by Crippen LogP contribution is -2.52. The van der Waals surface area contributed by atoms with E-state index < -0.39 is 0 Å². The molecule has 0 unspecified atom stereocenters. The van der Waals surface area contributed by atoms with Crippen molar-refractivity contribution in [3.05, 3.63) is 0 Å². The van der Waals surface area contributed by atoms with Crippen LogP contribution in [0, 0.1) is 5.41 Å². The second kappa shape index (κ2) is 5.86. The van der Waals surface area contributed by atoms with Crippen molar-refractivity contribution in [2.45, 2.75) is 53.0 Å². The summed E-state index contributed by atoms with van der Waals surface area (Å²) in [6, 6.07) is 0.669. The molecule has 0 spiro atoms. The summed E-state index contributed by atoms with van der Waals surface area (Å²) < 4.78 is 0. The zero-order chi connectivity index (χ0) is 11.3. The molecule has 1 aliphatic heterocycles. The summed E-state index contributed by atoms with van der Waals surface area (Å²) in [6.07, 6.45) is 3.95. The maximum atomic E-state index is 3.51. The molecule has 0 aromatic rings. The molecule has 1 N–H and O–H groups in total. The van der Waals surface area contributed by atoms with E-state index in [-0.39, 0.29) is 0 Å². The van der Waals surface area contributed by atoms with E-state index in [0.717, 1.165) is 6.54 Å². The Hall–Kier alpha value is -0.0800. The average Bonchev–Trinajstić information content (AvgIpc) is 2.26. The molecular weight excluding hydrogens is 184 g/mol. The minimum Gasteiger partial charge on any atom is -0.312 e. The van der Waals surface area contributed by atoms with Gasteiger partial charge in [-0.2, -0.15) is 0 Å². The van der Waals surface area contributed by atoms with Gasteiger partial charge in [-0.25, -0.2) is 0 Å². The third-order valence-corrected chi connectivity index (χ3v) is 4.26. The predicted molar refractivity (Wildman–Crippen MR) is 67.2 cm³/mol. The number of piperazine rings is 1. The Labute approximate surface area is 95.4 Å². The molecule has 2 nitrogen and oxygen atoms in total. The highest BCUT2D eigenvalue weighted by Crippen LogP contribution is 2.31. The molecule has 2 heteroatoms. The van der Waals surface area contributed by atoms with Gasteiger partial charge in [0.1, 0.15) is 0 Å². The number of nitrogens with zero attached hydrogens (tertiary/aromatic N) is 1. The number of nitrogens with one attached hydrogen (secondary N) is 1. The quantitative estimate of drug-likeness (QED) is 0.753. The highest BCUT2D eigenvalue weighted by atomic mass is 15.2. The topological polar surface area (TPSA) is 15.3 Å². The molecule has 1 aliphatic rings. The van der Waals surface area contributed by atoms with Gasteiger partial charge in [-0.05, 0) is 31.6 Å². The van der Waals surface area contributed by atoms with E-state index in [1.165, 1.54) is 38.9 Å². The third kappa shape index (κ3) is 3.46. The predicted octanol–water partition coefficient (Wildman–Crippen LogP) is 2.50. The van der Waals surface area contributed by atoms with Crippen LogP contribution >= 0.6 is 0 Å². The van der Waals surface area contributed by atoms with Crippen LogP contribution in [0.5, 0.6) is 0 Å². The van der Waals surface area contributed by atoms with E-state index in [1.54, 1.807) is 0 Å². The van der Waals surface area contributed by atoms with E-state index in [1.807, 2.05) is 0 Å². The Morgan fingerprint density at radius 1 is 1.20 bits per heavy atom. The van der Waals surface area contributed by atoms with E-state index >= 15 is 0 Å². The highest BCUT2D eigenvalue weighted by Gasteiger charge is 2.28. The van der Waals surface area contributed by atoms with E-state index in [4.69, 9.17) is 0 Å². The molecule has 0 saturated carbocycles. The van der Waals surface area contributed by atoms with Gasteiger partial charge in [0.25, 0.3) is 0 Å². The van der Waals surface area contributed by atoms with Gasteiger partial charge < -0.3 is 5.32 Å². The van der Waals surface area contributed by atoms with Gasteiger partial charge in [0.15, 0.2) is 0 Å². The number of hydrogen-bond acceptors (Lipinski definition) is 2. The molecule has 0 aromatic heterocycles. The summed E-state index contributed by atoms with van der Waals surface area (Å²) in [5, 5.41) is 3.51. The van der Waals surface area contributed by atoms with Crippen LogP contribution in [0.25, 0.3) is 0 Å². The molecule has 0 bridgehead atoms. The van der Waals surface area contributed by atoms with Crippen molar-refractivity contribution in [3.63, 3.8) is 0 Å². The zero-order valence-electron chi connectivity index (χ0n) is 11.0. The van der Waals surface area contributed by atoms with Gasteiger partial charge >= 0.3 is 0 Å². The van der Waals surface area contributed by atoms with Gasteiger partial charge in [0.05, 0.1) is 0 Å². The average molecular weight is 212 g/mol. The lowest BCUT2D eigenvalue weighted by atomic mass is 9.79. The molecule has 1 heterocycles. The monoisotopic (exact) mass is 212 g/mol. The summed E-state index contributed by atoms with van der Waals surface area (Å²) in [6.45, 7) is 14.2. The summed E-state index contributed by atoms with van der Waals surface area (Å²) in [4.78, 5) is 2.65. The molecule has 1 atom stereocenters. The minimum atomic E-state index is 0.567. The van der Waals surface area contributed by atoms with Crippen LogP contribution in [0.2, 0.25) is 0 Å². The molecule has 1 saturated heterocycles. The second-order valence-corrected chi connectivity index (χ2v) is 5.15. The smallest absolute Gasteiger partial charge is 0.0167 e. The van der Waals surface area contributed by atoms with Crippen molar-refractivity contribution in [2.24, 2.45) is 5.41 Å². The first-order valence-corrected chi connectivity index (χ1v) is 6.61. The summed E-state index contributed by atoms with van der Waals surface area (Å²) in [5.41, 5.74) is 0.567. The number of hydrogen-bond donors (Lipinski definition) is 1. The molecule has 15 heavy (non-hydrogen) atoms. The van der Waals surface area contributed by atoms with E-state index in [9.17, 15) is 0 Å². The van der Waals surface area contributed by atoms with Crippen LogP contribution in [-0.4, -0.2) is 37.1 Å². The molecule has 1 rings (SSSR count). The Kier molecular flexibility index (Phi) is 5.07. The van der Waals surface area contributed by atoms with Crippen LogP contribution in [0.4, 0.5) is 0 Å². The molecular formula is C13H28N2. The van der Waals surface area contributed by atoms with Gasteiger partial charge in [-0.1, -0.05) is 20.8 Å². The SMILES string of the molecule is CCC(CC)(CC)CN1CCN[C@@H](C)C1. The third-order valence-electron chi connectivity index (χ3n) is 4.26. The van der Waals surface area contributed by atoms with Gasteiger partial charge in [-0.3, -0.25) is 4.90 Å². The van der Waals surface area contributed by atoms with Crippen molar-refractivity contribution in [3.8, 4) is 0 Å². The normalized spacial score (nSPS) is 24.4. The van der Waals surface area contributed by atoms with Gasteiger partial charge in [-0.15, -0.1) is 0 Å². The fourth-order valence-electron chi connectivity index (χ4n) is 2.72. The first kappa shape index (κ1) is 13.0. The van der Waals surface area contributed by atoms with Crippen molar-refractivity contribution < 1.29 is 0 Å². The van der Waals surface area contributed by atoms with Crippen molar-refractivity contribution in [1.82, 2.24) is 10.2 Å². The molecule has 0 radical (unpaired) electrons. The lowest BCUT2D eigenvalue weighted by molar-refractivity contribution is 0.108. The van der Waals surface area contributed by atoms with Crippen molar-refractivity contribution in [1.29, 1.82) is 0 Å².